The number of carbonyl (C=O) groups excluding carboxylic acids is 2. The highest BCUT2D eigenvalue weighted by molar-refractivity contribution is 8.18. The number of nitrogens with zero attached hydrogens (tertiary/aromatic N) is 1. The van der Waals surface area contributed by atoms with E-state index in [1.807, 2.05) is 26.0 Å². The summed E-state index contributed by atoms with van der Waals surface area (Å²) in [5.74, 6) is 1.95. The molecule has 0 radical (unpaired) electrons. The second-order valence-corrected chi connectivity index (χ2v) is 9.11. The summed E-state index contributed by atoms with van der Waals surface area (Å²) < 4.78 is 17.2. The van der Waals surface area contributed by atoms with E-state index in [2.05, 4.69) is 32.6 Å². The van der Waals surface area contributed by atoms with E-state index in [4.69, 9.17) is 14.2 Å². The first-order valence-electron chi connectivity index (χ1n) is 11.3. The van der Waals surface area contributed by atoms with E-state index in [-0.39, 0.29) is 24.3 Å². The number of thioether (sulfide) groups is 1. The molecule has 7 heteroatoms. The molecule has 1 fully saturated rings. The normalized spacial score (nSPS) is 14.7. The van der Waals surface area contributed by atoms with Gasteiger partial charge in [0, 0.05) is 0 Å². The van der Waals surface area contributed by atoms with Gasteiger partial charge in [-0.15, -0.1) is 0 Å². The fourth-order valence-electron chi connectivity index (χ4n) is 3.49. The van der Waals surface area contributed by atoms with Crippen molar-refractivity contribution >= 4 is 29.0 Å². The van der Waals surface area contributed by atoms with Crippen molar-refractivity contribution < 1.29 is 23.8 Å². The van der Waals surface area contributed by atoms with Crippen molar-refractivity contribution in [3.8, 4) is 17.2 Å². The Balaban J connectivity index is 1.69. The summed E-state index contributed by atoms with van der Waals surface area (Å²) in [5, 5.41) is -0.302. The van der Waals surface area contributed by atoms with Crippen molar-refractivity contribution in [2.75, 3.05) is 26.4 Å². The van der Waals surface area contributed by atoms with Crippen LogP contribution in [-0.4, -0.2) is 42.4 Å². The summed E-state index contributed by atoms with van der Waals surface area (Å²) >= 11 is 0.928. The first-order chi connectivity index (χ1) is 16.3. The topological polar surface area (TPSA) is 65.1 Å². The molecule has 1 saturated heterocycles. The molecule has 0 saturated carbocycles. The van der Waals surface area contributed by atoms with Crippen LogP contribution in [0.4, 0.5) is 4.79 Å². The molecule has 2 aromatic rings. The quantitative estimate of drug-likeness (QED) is 0.281. The van der Waals surface area contributed by atoms with Crippen molar-refractivity contribution in [3.05, 3.63) is 70.6 Å². The molecule has 1 aliphatic rings. The Bertz CT molecular complexity index is 1090. The summed E-state index contributed by atoms with van der Waals surface area (Å²) in [4.78, 5) is 27.0. The second kappa shape index (κ2) is 11.8. The molecule has 6 nitrogen and oxygen atoms in total. The Kier molecular flexibility index (Phi) is 8.82. The minimum Gasteiger partial charge on any atom is -0.491 e. The van der Waals surface area contributed by atoms with Gasteiger partial charge in [-0.3, -0.25) is 14.5 Å². The third-order valence-electron chi connectivity index (χ3n) is 5.16. The molecule has 0 aromatic heterocycles. The van der Waals surface area contributed by atoms with Crippen LogP contribution in [0.15, 0.2) is 54.0 Å². The number of aryl methyl sites for hydroxylation is 1. The van der Waals surface area contributed by atoms with Crippen LogP contribution in [0.5, 0.6) is 17.2 Å². The molecular formula is C27H31NO5S. The molecular weight excluding hydrogens is 450 g/mol. The standard InChI is InChI=1S/C27H31NO5S/c1-6-13-32-22-11-9-20(16-24(22)31-7-2)17-25-26(29)28(27(30)34-25)12-14-33-23-15-19(5)8-10-21(23)18(3)4/h6,8-11,15-18H,1,7,12-14H2,2-5H3/b25-17-. The molecule has 3 rings (SSSR count). The zero-order valence-electron chi connectivity index (χ0n) is 20.1. The molecule has 180 valence electrons. The van der Waals surface area contributed by atoms with E-state index in [9.17, 15) is 9.59 Å². The van der Waals surface area contributed by atoms with Gasteiger partial charge in [-0.2, -0.15) is 0 Å². The Morgan fingerprint density at radius 1 is 1.03 bits per heavy atom. The zero-order chi connectivity index (χ0) is 24.7. The number of imide groups is 1. The third kappa shape index (κ3) is 6.23. The summed E-state index contributed by atoms with van der Waals surface area (Å²) in [7, 11) is 0. The number of hydrogen-bond acceptors (Lipinski definition) is 6. The number of carbonyl (C=O) groups is 2. The smallest absolute Gasteiger partial charge is 0.293 e. The van der Waals surface area contributed by atoms with Crippen molar-refractivity contribution in [1.82, 2.24) is 4.90 Å². The fourth-order valence-corrected chi connectivity index (χ4v) is 4.35. The predicted octanol–water partition coefficient (Wildman–Crippen LogP) is 6.20. The maximum absolute atomic E-state index is 12.9. The highest BCUT2D eigenvalue weighted by Crippen LogP contribution is 2.35. The average molecular weight is 482 g/mol. The van der Waals surface area contributed by atoms with Crippen LogP contribution in [0.25, 0.3) is 6.08 Å². The summed E-state index contributed by atoms with van der Waals surface area (Å²) in [6, 6.07) is 11.5. The molecule has 2 aromatic carbocycles. The van der Waals surface area contributed by atoms with E-state index < -0.39 is 0 Å². The highest BCUT2D eigenvalue weighted by Gasteiger charge is 2.34. The lowest BCUT2D eigenvalue weighted by Crippen LogP contribution is -2.32. The van der Waals surface area contributed by atoms with Crippen LogP contribution < -0.4 is 14.2 Å². The molecule has 1 heterocycles. The molecule has 0 unspecified atom stereocenters. The predicted molar refractivity (Wildman–Crippen MR) is 137 cm³/mol. The molecule has 1 aliphatic heterocycles. The Morgan fingerprint density at radius 2 is 1.82 bits per heavy atom. The van der Waals surface area contributed by atoms with E-state index >= 15 is 0 Å². The number of rotatable bonds is 11. The second-order valence-electron chi connectivity index (χ2n) is 8.12. The van der Waals surface area contributed by atoms with Gasteiger partial charge in [0.15, 0.2) is 11.5 Å². The fraction of sp³-hybridized carbons (Fsp3) is 0.333. The van der Waals surface area contributed by atoms with Gasteiger partial charge in [0.25, 0.3) is 11.1 Å². The molecule has 0 N–H and O–H groups in total. The van der Waals surface area contributed by atoms with Crippen LogP contribution >= 0.6 is 11.8 Å². The number of amides is 2. The lowest BCUT2D eigenvalue weighted by Gasteiger charge is -2.17. The SMILES string of the molecule is C=CCOc1ccc(/C=C2\SC(=O)N(CCOc3cc(C)ccc3C(C)C)C2=O)cc1OCC. The highest BCUT2D eigenvalue weighted by atomic mass is 32.2. The largest absolute Gasteiger partial charge is 0.491 e. The number of ether oxygens (including phenoxy) is 3. The van der Waals surface area contributed by atoms with Gasteiger partial charge in [0.05, 0.1) is 18.1 Å². The lowest BCUT2D eigenvalue weighted by atomic mass is 10.0. The van der Waals surface area contributed by atoms with Gasteiger partial charge in [-0.25, -0.2) is 0 Å². The monoisotopic (exact) mass is 481 g/mol. The first-order valence-corrected chi connectivity index (χ1v) is 12.1. The molecule has 2 amide bonds. The molecule has 34 heavy (non-hydrogen) atoms. The Morgan fingerprint density at radius 3 is 2.53 bits per heavy atom. The first kappa shape index (κ1) is 25.4. The van der Waals surface area contributed by atoms with Crippen molar-refractivity contribution in [1.29, 1.82) is 0 Å². The third-order valence-corrected chi connectivity index (χ3v) is 6.07. The minimum absolute atomic E-state index is 0.187. The Hall–Kier alpha value is -3.19. The van der Waals surface area contributed by atoms with Gasteiger partial charge in [0.2, 0.25) is 0 Å². The van der Waals surface area contributed by atoms with Crippen LogP contribution in [0.2, 0.25) is 0 Å². The van der Waals surface area contributed by atoms with Crippen molar-refractivity contribution in [3.63, 3.8) is 0 Å². The van der Waals surface area contributed by atoms with Gasteiger partial charge in [-0.1, -0.05) is 44.7 Å². The lowest BCUT2D eigenvalue weighted by molar-refractivity contribution is -0.123. The minimum atomic E-state index is -0.322. The Labute approximate surface area is 205 Å². The van der Waals surface area contributed by atoms with Crippen LogP contribution in [0.3, 0.4) is 0 Å². The van der Waals surface area contributed by atoms with Gasteiger partial charge in [-0.05, 0) is 72.5 Å². The van der Waals surface area contributed by atoms with E-state index in [1.165, 1.54) is 4.90 Å². The van der Waals surface area contributed by atoms with Crippen LogP contribution in [0.1, 0.15) is 43.4 Å². The average Bonchev–Trinajstić information content (AvgIpc) is 3.06. The van der Waals surface area contributed by atoms with Crippen molar-refractivity contribution in [2.45, 2.75) is 33.6 Å². The zero-order valence-corrected chi connectivity index (χ0v) is 20.9. The van der Waals surface area contributed by atoms with E-state index in [0.717, 1.165) is 34.2 Å². The van der Waals surface area contributed by atoms with E-state index in [0.29, 0.717) is 35.5 Å². The maximum Gasteiger partial charge on any atom is 0.293 e. The van der Waals surface area contributed by atoms with Gasteiger partial charge >= 0.3 is 0 Å². The summed E-state index contributed by atoms with van der Waals surface area (Å²) in [6.07, 6.45) is 3.36. The van der Waals surface area contributed by atoms with Crippen LogP contribution in [0, 0.1) is 6.92 Å². The maximum atomic E-state index is 12.9. The molecule has 0 spiro atoms. The summed E-state index contributed by atoms with van der Waals surface area (Å²) in [6.45, 7) is 13.0. The van der Waals surface area contributed by atoms with Crippen LogP contribution in [-0.2, 0) is 4.79 Å². The number of hydrogen-bond donors (Lipinski definition) is 0. The molecule has 0 atom stereocenters. The van der Waals surface area contributed by atoms with Gasteiger partial charge < -0.3 is 14.2 Å². The van der Waals surface area contributed by atoms with Gasteiger partial charge in [0.1, 0.15) is 19.0 Å². The van der Waals surface area contributed by atoms with Crippen molar-refractivity contribution in [2.24, 2.45) is 0 Å². The molecule has 0 bridgehead atoms. The van der Waals surface area contributed by atoms with E-state index in [1.54, 1.807) is 24.3 Å². The summed E-state index contributed by atoms with van der Waals surface area (Å²) in [5.41, 5.74) is 2.95. The number of benzene rings is 2. The molecule has 0 aliphatic carbocycles.